The smallest absolute Gasteiger partial charge is 0.254 e. The Morgan fingerprint density at radius 2 is 1.44 bits per heavy atom. The zero-order valence-electron chi connectivity index (χ0n) is 24.4. The molecular weight excluding hydrogens is 530 g/mol. The summed E-state index contributed by atoms with van der Waals surface area (Å²) >= 11 is 0. The zero-order chi connectivity index (χ0) is 29.2. The number of amidine groups is 1. The molecule has 1 saturated heterocycles. The maximum atomic E-state index is 13.1. The number of aliphatic imine (C=N–C) groups is 1. The highest BCUT2D eigenvalue weighted by Crippen LogP contribution is 2.54. The van der Waals surface area contributed by atoms with Crippen LogP contribution < -0.4 is 5.73 Å². The predicted molar refractivity (Wildman–Crippen MR) is 172 cm³/mol. The molecule has 1 amide bonds. The molecule has 3 aliphatic rings. The second-order valence-corrected chi connectivity index (χ2v) is 11.8. The first-order valence-electron chi connectivity index (χ1n) is 15.4. The Bertz CT molecular complexity index is 1640. The number of nitrogens with zero attached hydrogens (tertiary/aromatic N) is 2. The number of rotatable bonds is 7. The largest absolute Gasteiger partial charge is 0.387 e. The molecule has 0 radical (unpaired) electrons. The van der Waals surface area contributed by atoms with Crippen molar-refractivity contribution < 1.29 is 9.53 Å². The van der Waals surface area contributed by atoms with Gasteiger partial charge in [-0.05, 0) is 71.2 Å². The maximum absolute atomic E-state index is 13.1. The Labute approximate surface area is 253 Å². The number of nitrogens with two attached hydrogens (primary N) is 1. The molecule has 0 aromatic heterocycles. The Hall–Kier alpha value is -4.48. The van der Waals surface area contributed by atoms with Crippen LogP contribution in [-0.2, 0) is 16.7 Å². The van der Waals surface area contributed by atoms with Crippen LogP contribution in [0.2, 0.25) is 0 Å². The summed E-state index contributed by atoms with van der Waals surface area (Å²) in [5.74, 6) is 0.891. The van der Waals surface area contributed by atoms with E-state index in [1.54, 1.807) is 0 Å². The number of carbonyl (C=O) groups is 1. The van der Waals surface area contributed by atoms with Crippen LogP contribution in [0.5, 0.6) is 0 Å². The minimum absolute atomic E-state index is 0.0678. The van der Waals surface area contributed by atoms with Crippen LogP contribution in [-0.4, -0.2) is 42.9 Å². The lowest BCUT2D eigenvalue weighted by Crippen LogP contribution is -2.40. The van der Waals surface area contributed by atoms with Crippen LogP contribution in [0.3, 0.4) is 0 Å². The van der Waals surface area contributed by atoms with E-state index in [-0.39, 0.29) is 11.8 Å². The van der Waals surface area contributed by atoms with Crippen LogP contribution in [0, 0.1) is 5.92 Å². The van der Waals surface area contributed by atoms with E-state index in [0.717, 1.165) is 48.2 Å². The highest BCUT2D eigenvalue weighted by molar-refractivity contribution is 5.95. The summed E-state index contributed by atoms with van der Waals surface area (Å²) in [4.78, 5) is 20.3. The van der Waals surface area contributed by atoms with E-state index in [4.69, 9.17) is 15.5 Å². The van der Waals surface area contributed by atoms with Crippen LogP contribution in [0.25, 0.3) is 11.1 Å². The van der Waals surface area contributed by atoms with E-state index in [0.29, 0.717) is 26.3 Å². The van der Waals surface area contributed by atoms with E-state index in [9.17, 15) is 4.79 Å². The molecule has 7 rings (SSSR count). The van der Waals surface area contributed by atoms with Gasteiger partial charge >= 0.3 is 0 Å². The summed E-state index contributed by atoms with van der Waals surface area (Å²) in [5, 5.41) is 0. The molecule has 5 heteroatoms. The van der Waals surface area contributed by atoms with Crippen molar-refractivity contribution in [2.45, 2.75) is 31.2 Å². The third kappa shape index (κ3) is 5.30. The van der Waals surface area contributed by atoms with Crippen LogP contribution in [0.15, 0.2) is 125 Å². The van der Waals surface area contributed by atoms with Gasteiger partial charge in [0.2, 0.25) is 0 Å². The normalized spacial score (nSPS) is 19.3. The number of hydrogen-bond donors (Lipinski definition) is 1. The number of aryl methyl sites for hydroxylation is 1. The van der Waals surface area contributed by atoms with Crippen LogP contribution >= 0.6 is 0 Å². The molecule has 1 unspecified atom stereocenters. The molecule has 0 bridgehead atoms. The Morgan fingerprint density at radius 3 is 2.09 bits per heavy atom. The molecular formula is C38H37N3O2. The summed E-state index contributed by atoms with van der Waals surface area (Å²) < 4.78 is 5.43. The highest BCUT2D eigenvalue weighted by Gasteiger charge is 2.49. The minimum Gasteiger partial charge on any atom is -0.387 e. The lowest BCUT2D eigenvalue weighted by atomic mass is 9.73. The Balaban J connectivity index is 1.15. The molecule has 2 aliphatic heterocycles. The van der Waals surface area contributed by atoms with Crippen molar-refractivity contribution in [3.63, 3.8) is 0 Å². The molecule has 2 fully saturated rings. The first-order chi connectivity index (χ1) is 21.1. The lowest BCUT2D eigenvalue weighted by Gasteiger charge is -2.32. The number of ether oxygens (including phenoxy) is 1. The van der Waals surface area contributed by atoms with E-state index in [1.165, 1.54) is 27.8 Å². The van der Waals surface area contributed by atoms with Gasteiger partial charge in [0.25, 0.3) is 5.91 Å². The van der Waals surface area contributed by atoms with Crippen molar-refractivity contribution in [2.24, 2.45) is 16.6 Å². The lowest BCUT2D eigenvalue weighted by molar-refractivity contribution is 0.0303. The fraction of sp³-hybridized carbons (Fsp3) is 0.263. The summed E-state index contributed by atoms with van der Waals surface area (Å²) in [6.45, 7) is 2.47. The predicted octanol–water partition coefficient (Wildman–Crippen LogP) is 6.78. The number of amides is 1. The number of carbonyl (C=O) groups excluding carboxylic acids is 1. The summed E-state index contributed by atoms with van der Waals surface area (Å²) in [5.41, 5.74) is 15.7. The quantitative estimate of drug-likeness (QED) is 0.250. The zero-order valence-corrected chi connectivity index (χ0v) is 24.4. The second-order valence-electron chi connectivity index (χ2n) is 11.8. The highest BCUT2D eigenvalue weighted by atomic mass is 16.5. The van der Waals surface area contributed by atoms with Crippen LogP contribution in [0.1, 0.15) is 46.3 Å². The molecule has 4 aromatic rings. The molecule has 2 heterocycles. The van der Waals surface area contributed by atoms with E-state index in [1.807, 2.05) is 23.1 Å². The molecule has 5 nitrogen and oxygen atoms in total. The van der Waals surface area contributed by atoms with Crippen molar-refractivity contribution in [2.75, 3.05) is 26.3 Å². The van der Waals surface area contributed by atoms with Crippen molar-refractivity contribution in [1.82, 2.24) is 4.90 Å². The van der Waals surface area contributed by atoms with Gasteiger partial charge in [0, 0.05) is 24.6 Å². The van der Waals surface area contributed by atoms with Gasteiger partial charge in [-0.2, -0.15) is 0 Å². The fourth-order valence-electron chi connectivity index (χ4n) is 6.82. The van der Waals surface area contributed by atoms with E-state index in [2.05, 4.69) is 91.0 Å². The first-order valence-corrected chi connectivity index (χ1v) is 15.4. The summed E-state index contributed by atoms with van der Waals surface area (Å²) in [6, 6.07) is 38.0. The Morgan fingerprint density at radius 1 is 0.814 bits per heavy atom. The van der Waals surface area contributed by atoms with E-state index >= 15 is 0 Å². The number of allylic oxidation sites excluding steroid dienone is 1. The maximum Gasteiger partial charge on any atom is 0.254 e. The fourth-order valence-corrected chi connectivity index (χ4v) is 6.82. The van der Waals surface area contributed by atoms with Gasteiger partial charge in [-0.1, -0.05) is 103 Å². The van der Waals surface area contributed by atoms with Gasteiger partial charge < -0.3 is 15.4 Å². The van der Waals surface area contributed by atoms with Gasteiger partial charge in [-0.15, -0.1) is 0 Å². The van der Waals surface area contributed by atoms with Gasteiger partial charge in [0.05, 0.1) is 13.2 Å². The standard InChI is InChI=1S/C38H37N3O2/c39-36-34(35(28-18-19-28)38(40-36,32-13-3-1-4-14-32)33-15-5-2-6-16-33)20-17-27-9-7-10-29(25-27)30-11-8-12-31(26-30)37(42)41-21-23-43-24-22-41/h1-16,25-26,34H,17-24H2,(H2,39,40). The molecule has 4 aromatic carbocycles. The van der Waals surface area contributed by atoms with Crippen molar-refractivity contribution in [3.8, 4) is 11.1 Å². The monoisotopic (exact) mass is 567 g/mol. The molecule has 43 heavy (non-hydrogen) atoms. The number of hydrogen-bond acceptors (Lipinski definition) is 4. The van der Waals surface area contributed by atoms with Crippen LogP contribution in [0.4, 0.5) is 0 Å². The summed E-state index contributed by atoms with van der Waals surface area (Å²) in [6.07, 6.45) is 4.02. The van der Waals surface area contributed by atoms with Gasteiger partial charge in [0.1, 0.15) is 11.4 Å². The van der Waals surface area contributed by atoms with Crippen molar-refractivity contribution in [3.05, 3.63) is 143 Å². The topological polar surface area (TPSA) is 67.9 Å². The number of morpholine rings is 1. The minimum atomic E-state index is -0.571. The van der Waals surface area contributed by atoms with Gasteiger partial charge in [-0.25, -0.2) is 0 Å². The van der Waals surface area contributed by atoms with Crippen molar-refractivity contribution >= 4 is 11.7 Å². The van der Waals surface area contributed by atoms with Gasteiger partial charge in [-0.3, -0.25) is 9.79 Å². The van der Waals surface area contributed by atoms with Gasteiger partial charge in [0.15, 0.2) is 0 Å². The number of benzene rings is 4. The average Bonchev–Trinajstić information content (AvgIpc) is 3.87. The van der Waals surface area contributed by atoms with Crippen molar-refractivity contribution in [1.29, 1.82) is 0 Å². The van der Waals surface area contributed by atoms with E-state index < -0.39 is 5.54 Å². The summed E-state index contributed by atoms with van der Waals surface area (Å²) in [7, 11) is 0. The SMILES string of the molecule is NC1=NC(c2ccccc2)(c2ccccc2)C(=C2CC2)C1CCc1cccc(-c2cccc(C(=O)N3CCOCC3)c2)c1. The molecule has 1 atom stereocenters. The Kier molecular flexibility index (Phi) is 7.42. The third-order valence-electron chi connectivity index (χ3n) is 9.05. The third-order valence-corrected chi connectivity index (χ3v) is 9.05. The molecule has 0 spiro atoms. The molecule has 1 saturated carbocycles. The molecule has 1 aliphatic carbocycles. The average molecular weight is 568 g/mol. The molecule has 2 N–H and O–H groups in total. The molecule has 216 valence electrons. The first kappa shape index (κ1) is 27.4. The second kappa shape index (κ2) is 11.7.